The Balaban J connectivity index is 4.78. The first-order valence-electron chi connectivity index (χ1n) is 25.2. The number of ether oxygens (including phenoxy) is 1. The Kier molecular flexibility index (Phi) is 45.8. The van der Waals surface area contributed by atoms with Crippen LogP contribution >= 0.6 is 0 Å². The third kappa shape index (κ3) is 43.2. The van der Waals surface area contributed by atoms with E-state index in [2.05, 4.69) is 105 Å². The third-order valence-electron chi connectivity index (χ3n) is 10.7. The van der Waals surface area contributed by atoms with E-state index in [-0.39, 0.29) is 24.9 Å². The van der Waals surface area contributed by atoms with Crippen molar-refractivity contribution in [2.45, 2.75) is 225 Å². The molecule has 0 aliphatic carbocycles. The maximum Gasteiger partial charge on any atom is 0.306 e. The number of aliphatic hydroxyl groups is 2. The lowest BCUT2D eigenvalue weighted by Gasteiger charge is -2.23. The molecule has 0 heterocycles. The molecule has 0 fully saturated rings. The number of allylic oxidation sites excluding steroid dienone is 17. The van der Waals surface area contributed by atoms with Crippen LogP contribution in [0, 0.1) is 0 Å². The summed E-state index contributed by atoms with van der Waals surface area (Å²) in [6, 6.07) is -0.753. The van der Waals surface area contributed by atoms with Crippen molar-refractivity contribution in [3.63, 3.8) is 0 Å². The standard InChI is InChI=1S/C56H93NO5/c1-4-7-10-13-16-19-22-25-28-31-34-37-40-43-46-49-56(61)62-52(47-44-41-38-35-32-29-26-23-20-17-14-11-8-5-2)50-55(60)57-53(51-58)54(59)48-45-42-39-36-33-30-27-24-21-18-15-12-9-6-3/h7-8,10-11,13,16-17,19-20,22,25-26,28-29,35,38,44,47,52-54,58-59H,4-6,9,12,14-15,18,21,23-24,27,30-34,36-37,39-43,45-46,48-51H2,1-3H3,(H,57,60)/b10-7+,11-8+,16-13+,20-17+,22-19+,28-25-,29-26+,38-35+,47-44+. The minimum atomic E-state index is -0.829. The van der Waals surface area contributed by atoms with Gasteiger partial charge in [-0.05, 0) is 70.3 Å². The molecule has 6 nitrogen and oxygen atoms in total. The fourth-order valence-electron chi connectivity index (χ4n) is 6.93. The van der Waals surface area contributed by atoms with Gasteiger partial charge in [0, 0.05) is 6.42 Å². The molecule has 0 bridgehead atoms. The van der Waals surface area contributed by atoms with Crippen molar-refractivity contribution in [1.29, 1.82) is 0 Å². The molecule has 0 rings (SSSR count). The lowest BCUT2D eigenvalue weighted by molar-refractivity contribution is -0.148. The largest absolute Gasteiger partial charge is 0.458 e. The van der Waals surface area contributed by atoms with Gasteiger partial charge in [0.15, 0.2) is 0 Å². The van der Waals surface area contributed by atoms with Gasteiger partial charge < -0.3 is 20.3 Å². The third-order valence-corrected chi connectivity index (χ3v) is 10.7. The first kappa shape index (κ1) is 58.5. The van der Waals surface area contributed by atoms with Crippen molar-refractivity contribution in [2.75, 3.05) is 6.61 Å². The summed E-state index contributed by atoms with van der Waals surface area (Å²) in [5.41, 5.74) is 0. The van der Waals surface area contributed by atoms with Crippen LogP contribution in [0.25, 0.3) is 0 Å². The molecule has 0 aliphatic heterocycles. The van der Waals surface area contributed by atoms with E-state index in [1.165, 1.54) is 70.6 Å². The molecule has 0 saturated heterocycles. The number of amides is 1. The number of carbonyl (C=O) groups is 2. The average molecular weight is 860 g/mol. The second-order valence-corrected chi connectivity index (χ2v) is 16.5. The quantitative estimate of drug-likeness (QED) is 0.0246. The molecule has 3 atom stereocenters. The van der Waals surface area contributed by atoms with Gasteiger partial charge in [-0.3, -0.25) is 9.59 Å². The van der Waals surface area contributed by atoms with Crippen molar-refractivity contribution >= 4 is 11.9 Å². The van der Waals surface area contributed by atoms with Gasteiger partial charge in [0.1, 0.15) is 6.10 Å². The van der Waals surface area contributed by atoms with Crippen molar-refractivity contribution in [3.05, 3.63) is 109 Å². The van der Waals surface area contributed by atoms with Gasteiger partial charge in [0.2, 0.25) is 5.91 Å². The topological polar surface area (TPSA) is 95.9 Å². The number of esters is 1. The van der Waals surface area contributed by atoms with Gasteiger partial charge in [0.25, 0.3) is 0 Å². The molecule has 0 saturated carbocycles. The monoisotopic (exact) mass is 860 g/mol. The molecule has 6 heteroatoms. The number of unbranched alkanes of at least 4 members (excludes halogenated alkanes) is 18. The maximum absolute atomic E-state index is 13.2. The summed E-state index contributed by atoms with van der Waals surface area (Å²) in [7, 11) is 0. The average Bonchev–Trinajstić information content (AvgIpc) is 3.26. The van der Waals surface area contributed by atoms with E-state index in [0.717, 1.165) is 89.9 Å². The maximum atomic E-state index is 13.2. The van der Waals surface area contributed by atoms with E-state index in [0.29, 0.717) is 19.3 Å². The summed E-state index contributed by atoms with van der Waals surface area (Å²) in [5.74, 6) is -0.665. The highest BCUT2D eigenvalue weighted by Crippen LogP contribution is 2.15. The van der Waals surface area contributed by atoms with E-state index < -0.39 is 18.2 Å². The van der Waals surface area contributed by atoms with E-state index in [9.17, 15) is 19.8 Å². The highest BCUT2D eigenvalue weighted by Gasteiger charge is 2.23. The molecular formula is C56H93NO5. The summed E-state index contributed by atoms with van der Waals surface area (Å²) in [4.78, 5) is 26.1. The second kappa shape index (κ2) is 48.6. The number of nitrogens with one attached hydrogen (secondary N) is 1. The fourth-order valence-corrected chi connectivity index (χ4v) is 6.93. The molecule has 0 aromatic rings. The first-order chi connectivity index (χ1) is 30.5. The number of hydrogen-bond acceptors (Lipinski definition) is 5. The van der Waals surface area contributed by atoms with Crippen molar-refractivity contribution in [2.24, 2.45) is 0 Å². The van der Waals surface area contributed by atoms with Gasteiger partial charge >= 0.3 is 5.97 Å². The lowest BCUT2D eigenvalue weighted by Crippen LogP contribution is -2.46. The summed E-state index contributed by atoms with van der Waals surface area (Å²) < 4.78 is 5.80. The summed E-state index contributed by atoms with van der Waals surface area (Å²) in [6.45, 7) is 6.18. The molecule has 0 spiro atoms. The Morgan fingerprint density at radius 1 is 0.516 bits per heavy atom. The SMILES string of the molecule is CC/C=C/C=C/C=C/C=C\CCCCCCCC(=O)OC(/C=C/C/C=C/C/C=C/C/C=C/C/C=C/CC)CC(=O)NC(CO)C(O)CCCCCCCCCCCCCCCC. The Labute approximate surface area is 381 Å². The second-order valence-electron chi connectivity index (χ2n) is 16.5. The fraction of sp³-hybridized carbons (Fsp3) is 0.643. The summed E-state index contributed by atoms with van der Waals surface area (Å²) in [5, 5.41) is 23.7. The minimum absolute atomic E-state index is 0.0621. The zero-order valence-corrected chi connectivity index (χ0v) is 40.0. The van der Waals surface area contributed by atoms with Crippen molar-refractivity contribution in [1.82, 2.24) is 5.32 Å². The van der Waals surface area contributed by atoms with Gasteiger partial charge in [-0.25, -0.2) is 0 Å². The zero-order valence-electron chi connectivity index (χ0n) is 40.0. The van der Waals surface area contributed by atoms with Crippen LogP contribution in [-0.4, -0.2) is 46.9 Å². The number of aliphatic hydroxyl groups excluding tert-OH is 2. The van der Waals surface area contributed by atoms with Gasteiger partial charge in [-0.15, -0.1) is 0 Å². The van der Waals surface area contributed by atoms with E-state index >= 15 is 0 Å². The predicted molar refractivity (Wildman–Crippen MR) is 268 cm³/mol. The smallest absolute Gasteiger partial charge is 0.306 e. The molecule has 3 unspecified atom stereocenters. The highest BCUT2D eigenvalue weighted by molar-refractivity contribution is 5.78. The molecule has 0 aliphatic rings. The normalized spacial score (nSPS) is 14.2. The summed E-state index contributed by atoms with van der Waals surface area (Å²) in [6.07, 6.45) is 66.0. The summed E-state index contributed by atoms with van der Waals surface area (Å²) >= 11 is 0. The van der Waals surface area contributed by atoms with Crippen LogP contribution in [0.3, 0.4) is 0 Å². The van der Waals surface area contributed by atoms with E-state index in [4.69, 9.17) is 4.74 Å². The van der Waals surface area contributed by atoms with Crippen molar-refractivity contribution in [3.8, 4) is 0 Å². The number of hydrogen-bond donors (Lipinski definition) is 3. The molecule has 0 radical (unpaired) electrons. The van der Waals surface area contributed by atoms with E-state index in [1.54, 1.807) is 6.08 Å². The van der Waals surface area contributed by atoms with Crippen LogP contribution in [0.1, 0.15) is 207 Å². The van der Waals surface area contributed by atoms with Gasteiger partial charge in [0.05, 0.1) is 25.2 Å². The predicted octanol–water partition coefficient (Wildman–Crippen LogP) is 15.1. The first-order valence-corrected chi connectivity index (χ1v) is 25.2. The Morgan fingerprint density at radius 2 is 0.968 bits per heavy atom. The van der Waals surface area contributed by atoms with Crippen LogP contribution in [-0.2, 0) is 14.3 Å². The van der Waals surface area contributed by atoms with Crippen LogP contribution in [0.5, 0.6) is 0 Å². The Morgan fingerprint density at radius 3 is 1.50 bits per heavy atom. The molecule has 352 valence electrons. The van der Waals surface area contributed by atoms with Crippen LogP contribution in [0.4, 0.5) is 0 Å². The Bertz CT molecular complexity index is 1280. The van der Waals surface area contributed by atoms with Crippen LogP contribution < -0.4 is 5.32 Å². The number of rotatable bonds is 43. The zero-order chi connectivity index (χ0) is 45.2. The van der Waals surface area contributed by atoms with Crippen LogP contribution in [0.2, 0.25) is 0 Å². The number of carbonyl (C=O) groups excluding carboxylic acids is 2. The molecule has 62 heavy (non-hydrogen) atoms. The molecule has 1 amide bonds. The molecular weight excluding hydrogens is 767 g/mol. The molecule has 0 aromatic heterocycles. The lowest BCUT2D eigenvalue weighted by atomic mass is 10.0. The molecule has 3 N–H and O–H groups in total. The highest BCUT2D eigenvalue weighted by atomic mass is 16.5. The van der Waals surface area contributed by atoms with Gasteiger partial charge in [-0.1, -0.05) is 233 Å². The van der Waals surface area contributed by atoms with E-state index in [1.807, 2.05) is 24.3 Å². The van der Waals surface area contributed by atoms with Crippen LogP contribution in [0.15, 0.2) is 109 Å². The minimum Gasteiger partial charge on any atom is -0.458 e. The van der Waals surface area contributed by atoms with Crippen molar-refractivity contribution < 1.29 is 24.5 Å². The van der Waals surface area contributed by atoms with Gasteiger partial charge in [-0.2, -0.15) is 0 Å². The molecule has 0 aromatic carbocycles. The Hall–Kier alpha value is -3.48.